The van der Waals surface area contributed by atoms with Gasteiger partial charge in [-0.15, -0.1) is 5.10 Å². The molecule has 0 saturated heterocycles. The van der Waals surface area contributed by atoms with Crippen LogP contribution in [0.5, 0.6) is 5.75 Å². The first-order chi connectivity index (χ1) is 22.7. The van der Waals surface area contributed by atoms with Crippen LogP contribution < -0.4 is 10.6 Å². The standard InChI is InChI=1S/C36H39N7O2S2/c1-6-25-13-7-9-18-30(25)34-40-38-20-12-17-29(24-42(34)4)47-31-19-10-8-14-26(31)23-37-35(45)39-33-22-32(36(2,3)46-5)41-43(33)27-15-11-16-28(44)21-27/h7-22,24,44H,6,23H2,1-5H3,(H2,37,39,45). The van der Waals surface area contributed by atoms with E-state index in [2.05, 4.69) is 53.7 Å². The summed E-state index contributed by atoms with van der Waals surface area (Å²) < 4.78 is 3.36. The molecule has 0 unspecified atom stereocenters. The highest BCUT2D eigenvalue weighted by atomic mass is 32.2. The van der Waals surface area contributed by atoms with E-state index in [4.69, 9.17) is 5.10 Å². The van der Waals surface area contributed by atoms with Gasteiger partial charge >= 0.3 is 6.03 Å². The molecule has 5 aromatic rings. The zero-order valence-electron chi connectivity index (χ0n) is 27.1. The fourth-order valence-electron chi connectivity index (χ4n) is 4.88. The zero-order chi connectivity index (χ0) is 33.4. The summed E-state index contributed by atoms with van der Waals surface area (Å²) in [5.74, 6) is 1.38. The van der Waals surface area contributed by atoms with Crippen LogP contribution in [0.1, 0.15) is 37.6 Å². The van der Waals surface area contributed by atoms with Gasteiger partial charge in [-0.05, 0) is 68.0 Å². The van der Waals surface area contributed by atoms with Crippen LogP contribution in [-0.4, -0.2) is 41.9 Å². The van der Waals surface area contributed by atoms with Gasteiger partial charge in [0.05, 0.1) is 16.1 Å². The SMILES string of the molecule is CCc1ccccc1-c1nncccc(Sc2ccccc2CNC(=O)Nc2cc(C(C)(C)SC)nn2-c2cccc(O)c2)cn1C. The Morgan fingerprint density at radius 1 is 0.957 bits per heavy atom. The van der Waals surface area contributed by atoms with Crippen molar-refractivity contribution in [3.63, 3.8) is 0 Å². The third-order valence-corrected chi connectivity index (χ3v) is 9.98. The smallest absolute Gasteiger partial charge is 0.320 e. The van der Waals surface area contributed by atoms with E-state index >= 15 is 0 Å². The first-order valence-electron chi connectivity index (χ1n) is 15.2. The number of anilines is 1. The summed E-state index contributed by atoms with van der Waals surface area (Å²) in [5.41, 5.74) is 4.66. The molecule has 5 rings (SSSR count). The molecule has 0 aliphatic rings. The van der Waals surface area contributed by atoms with Gasteiger partial charge in [-0.25, -0.2) is 9.48 Å². The molecular formula is C36H39N7O2S2. The average molecular weight is 666 g/mol. The minimum Gasteiger partial charge on any atom is -0.508 e. The Bertz CT molecular complexity index is 1920. The quantitative estimate of drug-likeness (QED) is 0.138. The molecule has 0 atom stereocenters. The van der Waals surface area contributed by atoms with Crippen LogP contribution in [0, 0.1) is 0 Å². The predicted octanol–water partition coefficient (Wildman–Crippen LogP) is 8.13. The fourth-order valence-corrected chi connectivity index (χ4v) is 6.22. The van der Waals surface area contributed by atoms with Gasteiger partial charge in [0.2, 0.25) is 0 Å². The van der Waals surface area contributed by atoms with Crippen molar-refractivity contribution in [2.75, 3.05) is 11.6 Å². The van der Waals surface area contributed by atoms with Crippen LogP contribution in [0.3, 0.4) is 0 Å². The largest absolute Gasteiger partial charge is 0.508 e. The summed E-state index contributed by atoms with van der Waals surface area (Å²) in [6.45, 7) is 6.60. The monoisotopic (exact) mass is 665 g/mol. The predicted molar refractivity (Wildman–Crippen MR) is 192 cm³/mol. The van der Waals surface area contributed by atoms with Crippen molar-refractivity contribution in [1.29, 1.82) is 0 Å². The Balaban J connectivity index is 1.37. The van der Waals surface area contributed by atoms with Crippen LogP contribution in [-0.2, 0) is 24.8 Å². The molecule has 0 saturated carbocycles. The number of benzene rings is 3. The summed E-state index contributed by atoms with van der Waals surface area (Å²) in [5, 5.41) is 29.7. The Hall–Kier alpha value is -4.74. The van der Waals surface area contributed by atoms with Crippen LogP contribution in [0.2, 0.25) is 0 Å². The first kappa shape index (κ1) is 33.6. The number of phenolic OH excluding ortho intramolecular Hbond substituents is 1. The maximum absolute atomic E-state index is 13.3. The highest BCUT2D eigenvalue weighted by Gasteiger charge is 2.25. The van der Waals surface area contributed by atoms with Gasteiger partial charge < -0.3 is 15.0 Å². The van der Waals surface area contributed by atoms with Gasteiger partial charge in [0.25, 0.3) is 0 Å². The molecule has 0 spiro atoms. The molecule has 3 aromatic carbocycles. The number of aromatic nitrogens is 5. The minimum absolute atomic E-state index is 0.117. The Morgan fingerprint density at radius 2 is 1.72 bits per heavy atom. The molecular weight excluding hydrogens is 627 g/mol. The van der Waals surface area contributed by atoms with Crippen molar-refractivity contribution in [2.24, 2.45) is 7.05 Å². The normalized spacial score (nSPS) is 11.2. The molecule has 242 valence electrons. The number of hydrogen-bond acceptors (Lipinski definition) is 7. The lowest BCUT2D eigenvalue weighted by atomic mass is 10.0. The molecule has 2 aromatic heterocycles. The number of phenols is 1. The highest BCUT2D eigenvalue weighted by Crippen LogP contribution is 2.35. The van der Waals surface area contributed by atoms with Gasteiger partial charge in [0.15, 0.2) is 5.82 Å². The number of rotatable bonds is 10. The summed E-state index contributed by atoms with van der Waals surface area (Å²) >= 11 is 3.27. The Kier molecular flexibility index (Phi) is 10.9. The summed E-state index contributed by atoms with van der Waals surface area (Å²) in [6.07, 6.45) is 6.65. The molecule has 47 heavy (non-hydrogen) atoms. The lowest BCUT2D eigenvalue weighted by Crippen LogP contribution is -2.29. The summed E-state index contributed by atoms with van der Waals surface area (Å²) in [4.78, 5) is 15.3. The van der Waals surface area contributed by atoms with Gasteiger partial charge in [-0.1, -0.05) is 67.2 Å². The first-order valence-corrected chi connectivity index (χ1v) is 17.3. The topological polar surface area (TPSA) is 110 Å². The molecule has 0 fully saturated rings. The van der Waals surface area contributed by atoms with Crippen LogP contribution in [0.4, 0.5) is 10.6 Å². The second kappa shape index (κ2) is 15.2. The summed E-state index contributed by atoms with van der Waals surface area (Å²) in [6, 6.07) is 28.4. The van der Waals surface area contributed by atoms with E-state index in [-0.39, 0.29) is 16.5 Å². The van der Waals surface area contributed by atoms with Crippen molar-refractivity contribution in [3.8, 4) is 22.8 Å². The minimum atomic E-state index is -0.368. The molecule has 11 heteroatoms. The number of aromatic hydroxyl groups is 1. The molecule has 2 heterocycles. The van der Waals surface area contributed by atoms with Crippen molar-refractivity contribution in [2.45, 2.75) is 48.3 Å². The van der Waals surface area contributed by atoms with Crippen LogP contribution in [0.25, 0.3) is 17.1 Å². The molecule has 3 N–H and O–H groups in total. The number of nitrogens with zero attached hydrogens (tertiary/aromatic N) is 5. The molecule has 0 bridgehead atoms. The van der Waals surface area contributed by atoms with E-state index in [0.29, 0.717) is 18.1 Å². The molecule has 0 aliphatic carbocycles. The summed E-state index contributed by atoms with van der Waals surface area (Å²) in [7, 11) is 1.98. The highest BCUT2D eigenvalue weighted by molar-refractivity contribution is 7.99. The van der Waals surface area contributed by atoms with Gasteiger partial charge in [-0.2, -0.15) is 22.0 Å². The van der Waals surface area contributed by atoms with Crippen molar-refractivity contribution < 1.29 is 9.90 Å². The van der Waals surface area contributed by atoms with Crippen LogP contribution in [0.15, 0.2) is 113 Å². The Labute approximate surface area is 284 Å². The maximum atomic E-state index is 13.3. The third-order valence-electron chi connectivity index (χ3n) is 7.65. The number of carbonyl (C=O) groups is 1. The lowest BCUT2D eigenvalue weighted by molar-refractivity contribution is 0.251. The van der Waals surface area contributed by atoms with E-state index in [9.17, 15) is 9.90 Å². The Morgan fingerprint density at radius 3 is 2.49 bits per heavy atom. The van der Waals surface area contributed by atoms with Crippen molar-refractivity contribution >= 4 is 35.4 Å². The van der Waals surface area contributed by atoms with Crippen LogP contribution >= 0.6 is 23.5 Å². The maximum Gasteiger partial charge on any atom is 0.320 e. The van der Waals surface area contributed by atoms with E-state index in [0.717, 1.165) is 38.9 Å². The number of nitrogens with one attached hydrogen (secondary N) is 2. The second-order valence-electron chi connectivity index (χ2n) is 11.3. The van der Waals surface area contributed by atoms with Gasteiger partial charge in [0, 0.05) is 53.5 Å². The van der Waals surface area contributed by atoms with E-state index in [1.54, 1.807) is 52.6 Å². The number of carbonyl (C=O) groups excluding carboxylic acids is 1. The number of amides is 2. The molecule has 9 nitrogen and oxygen atoms in total. The molecule has 0 radical (unpaired) electrons. The van der Waals surface area contributed by atoms with Gasteiger partial charge in [0.1, 0.15) is 11.6 Å². The average Bonchev–Trinajstić information content (AvgIpc) is 3.53. The van der Waals surface area contributed by atoms with Crippen molar-refractivity contribution in [1.82, 2.24) is 29.9 Å². The zero-order valence-corrected chi connectivity index (χ0v) is 28.8. The fraction of sp³-hybridized carbons (Fsp3) is 0.222. The molecule has 2 amide bonds. The van der Waals surface area contributed by atoms with Gasteiger partial charge in [-0.3, -0.25) is 5.32 Å². The molecule has 0 aliphatic heterocycles. The lowest BCUT2D eigenvalue weighted by Gasteiger charge is -2.18. The third kappa shape index (κ3) is 8.35. The number of aryl methyl sites for hydroxylation is 2. The van der Waals surface area contributed by atoms with E-state index in [1.807, 2.05) is 84.7 Å². The number of urea groups is 1. The van der Waals surface area contributed by atoms with Crippen molar-refractivity contribution in [3.05, 3.63) is 120 Å². The number of thioether (sulfide) groups is 1. The number of hydrogen-bond donors (Lipinski definition) is 3. The van der Waals surface area contributed by atoms with E-state index < -0.39 is 0 Å². The van der Waals surface area contributed by atoms with E-state index in [1.165, 1.54) is 5.56 Å². The second-order valence-corrected chi connectivity index (χ2v) is 13.8.